The number of halogens is 1. The highest BCUT2D eigenvalue weighted by atomic mass is 35.5. The Labute approximate surface area is 172 Å². The quantitative estimate of drug-likeness (QED) is 0.615. The Morgan fingerprint density at radius 1 is 1.14 bits per heavy atom. The van der Waals surface area contributed by atoms with Crippen molar-refractivity contribution in [2.75, 3.05) is 10.6 Å². The second-order valence-electron chi connectivity index (χ2n) is 7.03. The number of anilines is 2. The molecule has 0 bridgehead atoms. The molecule has 0 saturated carbocycles. The highest BCUT2D eigenvalue weighted by Gasteiger charge is 2.42. The molecule has 2 heterocycles. The maximum Gasteiger partial charge on any atom is 0.254 e. The molecule has 3 atom stereocenters. The highest BCUT2D eigenvalue weighted by molar-refractivity contribution is 6.30. The fourth-order valence-electron chi connectivity index (χ4n) is 3.75. The number of nitrogens with two attached hydrogens (primary N) is 1. The Bertz CT molecular complexity index is 1050. The number of carbonyl (C=O) groups is 2. The molecular weight excluding hydrogens is 390 g/mol. The van der Waals surface area contributed by atoms with Crippen LogP contribution in [0, 0.1) is 5.92 Å². The summed E-state index contributed by atoms with van der Waals surface area (Å²) in [6.07, 6.45) is 1.43. The van der Waals surface area contributed by atoms with Crippen LogP contribution < -0.4 is 16.4 Å². The second-order valence-corrected chi connectivity index (χ2v) is 7.46. The number of aromatic nitrogens is 2. The minimum Gasteiger partial charge on any atom is -0.366 e. The number of fused-ring (bicyclic) bond motifs is 1. The number of amides is 2. The number of hydrogen-bond donors (Lipinski definition) is 3. The van der Waals surface area contributed by atoms with Gasteiger partial charge in [-0.1, -0.05) is 41.9 Å². The van der Waals surface area contributed by atoms with Crippen LogP contribution in [-0.2, 0) is 4.79 Å². The molecule has 1 aliphatic heterocycles. The molecule has 4 N–H and O–H groups in total. The average Bonchev–Trinajstić information content (AvgIpc) is 3.12. The number of para-hydroxylation sites is 1. The van der Waals surface area contributed by atoms with Gasteiger partial charge in [0.1, 0.15) is 11.4 Å². The molecule has 3 aromatic rings. The van der Waals surface area contributed by atoms with Crippen LogP contribution in [-0.4, -0.2) is 27.6 Å². The van der Waals surface area contributed by atoms with Crippen LogP contribution in [0.15, 0.2) is 60.8 Å². The molecule has 1 aliphatic rings. The third kappa shape index (κ3) is 3.56. The molecule has 29 heavy (non-hydrogen) atoms. The smallest absolute Gasteiger partial charge is 0.254 e. The number of rotatable bonds is 4. The minimum absolute atomic E-state index is 0.155. The van der Waals surface area contributed by atoms with Crippen molar-refractivity contribution in [3.8, 4) is 0 Å². The molecule has 1 aromatic heterocycles. The van der Waals surface area contributed by atoms with Crippen LogP contribution in [0.5, 0.6) is 0 Å². The van der Waals surface area contributed by atoms with Gasteiger partial charge in [0, 0.05) is 16.8 Å². The number of hydrogen-bond acceptors (Lipinski definition) is 4. The predicted molar refractivity (Wildman–Crippen MR) is 112 cm³/mol. The van der Waals surface area contributed by atoms with E-state index in [-0.39, 0.29) is 17.5 Å². The average molecular weight is 410 g/mol. The van der Waals surface area contributed by atoms with Crippen LogP contribution in [0.3, 0.4) is 0 Å². The third-order valence-corrected chi connectivity index (χ3v) is 5.38. The first-order valence-corrected chi connectivity index (χ1v) is 9.58. The summed E-state index contributed by atoms with van der Waals surface area (Å²) in [4.78, 5) is 25.1. The maximum absolute atomic E-state index is 13.3. The van der Waals surface area contributed by atoms with E-state index < -0.39 is 17.9 Å². The van der Waals surface area contributed by atoms with Crippen LogP contribution >= 0.6 is 11.6 Å². The van der Waals surface area contributed by atoms with Gasteiger partial charge in [-0.3, -0.25) is 9.59 Å². The Morgan fingerprint density at radius 2 is 1.83 bits per heavy atom. The zero-order valence-corrected chi connectivity index (χ0v) is 16.4. The molecule has 0 aliphatic carbocycles. The number of primary amides is 1. The van der Waals surface area contributed by atoms with E-state index in [4.69, 9.17) is 17.3 Å². The SMILES string of the molecule is C[C@@H]1Nc2c(C(N)=O)cnn2[C@@H](c2ccc(Cl)cc2)[C@@H]1C(=O)Nc1ccccc1. The molecule has 0 unspecified atom stereocenters. The van der Waals surface area contributed by atoms with Crippen molar-refractivity contribution in [3.63, 3.8) is 0 Å². The fourth-order valence-corrected chi connectivity index (χ4v) is 3.88. The Balaban J connectivity index is 1.78. The van der Waals surface area contributed by atoms with Gasteiger partial charge in [0.05, 0.1) is 18.2 Å². The van der Waals surface area contributed by atoms with Gasteiger partial charge in [0.15, 0.2) is 0 Å². The van der Waals surface area contributed by atoms with E-state index in [2.05, 4.69) is 15.7 Å². The summed E-state index contributed by atoms with van der Waals surface area (Å²) in [5.41, 5.74) is 7.36. The van der Waals surface area contributed by atoms with Gasteiger partial charge >= 0.3 is 0 Å². The lowest BCUT2D eigenvalue weighted by atomic mass is 9.85. The van der Waals surface area contributed by atoms with Crippen molar-refractivity contribution in [1.82, 2.24) is 9.78 Å². The summed E-state index contributed by atoms with van der Waals surface area (Å²) >= 11 is 6.06. The summed E-state index contributed by atoms with van der Waals surface area (Å²) in [7, 11) is 0. The molecule has 2 aromatic carbocycles. The first-order valence-electron chi connectivity index (χ1n) is 9.21. The lowest BCUT2D eigenvalue weighted by Gasteiger charge is -2.38. The normalized spacial score (nSPS) is 20.4. The summed E-state index contributed by atoms with van der Waals surface area (Å²) in [6.45, 7) is 1.90. The van der Waals surface area contributed by atoms with Gasteiger partial charge in [-0.2, -0.15) is 5.10 Å². The Hall–Kier alpha value is -3.32. The Morgan fingerprint density at radius 3 is 2.48 bits per heavy atom. The van der Waals surface area contributed by atoms with Gasteiger partial charge in [-0.15, -0.1) is 0 Å². The summed E-state index contributed by atoms with van der Waals surface area (Å²) < 4.78 is 1.65. The standard InChI is InChI=1S/C21H20ClN5O2/c1-12-17(21(29)26-15-5-3-2-4-6-15)18(13-7-9-14(22)10-8-13)27-20(25-12)16(11-24-27)19(23)28/h2-12,17-18,25H,1H3,(H2,23,28)(H,26,29)/t12-,17+,18-/m0/s1. The van der Waals surface area contributed by atoms with Gasteiger partial charge in [0.2, 0.25) is 5.91 Å². The lowest BCUT2D eigenvalue weighted by Crippen LogP contribution is -2.46. The lowest BCUT2D eigenvalue weighted by molar-refractivity contribution is -0.121. The highest BCUT2D eigenvalue weighted by Crippen LogP contribution is 2.39. The maximum atomic E-state index is 13.3. The van der Waals surface area contributed by atoms with E-state index in [0.29, 0.717) is 16.5 Å². The van der Waals surface area contributed by atoms with E-state index in [9.17, 15) is 9.59 Å². The van der Waals surface area contributed by atoms with E-state index in [0.717, 1.165) is 5.56 Å². The Kier molecular flexibility index (Phi) is 4.98. The van der Waals surface area contributed by atoms with Gasteiger partial charge < -0.3 is 16.4 Å². The number of carbonyl (C=O) groups excluding carboxylic acids is 2. The van der Waals surface area contributed by atoms with Crippen molar-refractivity contribution in [1.29, 1.82) is 0 Å². The summed E-state index contributed by atoms with van der Waals surface area (Å²) in [5, 5.41) is 11.2. The van der Waals surface area contributed by atoms with Crippen molar-refractivity contribution < 1.29 is 9.59 Å². The molecule has 8 heteroatoms. The van der Waals surface area contributed by atoms with E-state index >= 15 is 0 Å². The van der Waals surface area contributed by atoms with E-state index in [1.165, 1.54) is 6.20 Å². The largest absolute Gasteiger partial charge is 0.366 e. The molecular formula is C21H20ClN5O2. The molecule has 7 nitrogen and oxygen atoms in total. The second kappa shape index (κ2) is 7.60. The third-order valence-electron chi connectivity index (χ3n) is 5.12. The number of nitrogens with zero attached hydrogens (tertiary/aromatic N) is 2. The minimum atomic E-state index is -0.576. The fraction of sp³-hybridized carbons (Fsp3) is 0.190. The molecule has 0 saturated heterocycles. The van der Waals surface area contributed by atoms with Gasteiger partial charge in [-0.05, 0) is 36.8 Å². The molecule has 4 rings (SSSR count). The monoisotopic (exact) mass is 409 g/mol. The van der Waals surface area contributed by atoms with Gasteiger partial charge in [-0.25, -0.2) is 4.68 Å². The van der Waals surface area contributed by atoms with E-state index in [1.807, 2.05) is 49.4 Å². The van der Waals surface area contributed by atoms with Crippen molar-refractivity contribution in [3.05, 3.63) is 76.9 Å². The predicted octanol–water partition coefficient (Wildman–Crippen LogP) is 3.29. The van der Waals surface area contributed by atoms with Crippen molar-refractivity contribution >= 4 is 34.9 Å². The zero-order valence-electron chi connectivity index (χ0n) is 15.7. The molecule has 0 radical (unpaired) electrons. The zero-order chi connectivity index (χ0) is 20.5. The number of nitrogens with one attached hydrogen (secondary N) is 2. The molecule has 2 amide bonds. The van der Waals surface area contributed by atoms with Crippen LogP contribution in [0.4, 0.5) is 11.5 Å². The molecule has 0 spiro atoms. The van der Waals surface area contributed by atoms with Crippen LogP contribution in [0.25, 0.3) is 0 Å². The summed E-state index contributed by atoms with van der Waals surface area (Å²) in [6, 6.07) is 15.8. The topological polar surface area (TPSA) is 102 Å². The molecule has 0 fully saturated rings. The van der Waals surface area contributed by atoms with Crippen LogP contribution in [0.1, 0.15) is 28.9 Å². The van der Waals surface area contributed by atoms with Crippen molar-refractivity contribution in [2.24, 2.45) is 11.7 Å². The summed E-state index contributed by atoms with van der Waals surface area (Å²) in [5.74, 6) is -0.718. The number of benzene rings is 2. The van der Waals surface area contributed by atoms with Crippen LogP contribution in [0.2, 0.25) is 5.02 Å². The van der Waals surface area contributed by atoms with Gasteiger partial charge in [0.25, 0.3) is 5.91 Å². The first kappa shape index (κ1) is 19.0. The van der Waals surface area contributed by atoms with E-state index in [1.54, 1.807) is 16.8 Å². The molecule has 148 valence electrons. The first-order chi connectivity index (χ1) is 14.0. The van der Waals surface area contributed by atoms with Crippen molar-refractivity contribution in [2.45, 2.75) is 19.0 Å².